The lowest BCUT2D eigenvalue weighted by Crippen LogP contribution is -2.32. The van der Waals surface area contributed by atoms with E-state index in [-0.39, 0.29) is 5.69 Å². The molecule has 0 aliphatic heterocycles. The largest absolute Gasteiger partial charge is 0.478 e. The molecule has 0 atom stereocenters. The summed E-state index contributed by atoms with van der Waals surface area (Å²) in [4.78, 5) is 23.9. The van der Waals surface area contributed by atoms with Crippen molar-refractivity contribution >= 4 is 17.7 Å². The maximum atomic E-state index is 13.2. The number of carboxylic acids is 1. The van der Waals surface area contributed by atoms with E-state index < -0.39 is 23.4 Å². The Morgan fingerprint density at radius 1 is 1.53 bits per heavy atom. The second-order valence-corrected chi connectivity index (χ2v) is 3.93. The number of carbonyl (C=O) groups is 2. The number of anilines is 1. The van der Waals surface area contributed by atoms with Crippen molar-refractivity contribution in [1.82, 2.24) is 4.90 Å². The maximum Gasteiger partial charge on any atom is 0.338 e. The summed E-state index contributed by atoms with van der Waals surface area (Å²) in [6.07, 6.45) is 2.33. The lowest BCUT2D eigenvalue weighted by atomic mass is 10.2. The number of amides is 2. The minimum atomic E-state index is -1.38. The van der Waals surface area contributed by atoms with Crippen LogP contribution in [-0.4, -0.2) is 35.6 Å². The van der Waals surface area contributed by atoms with Crippen molar-refractivity contribution < 1.29 is 19.1 Å². The number of hydrogen-bond donors (Lipinski definition) is 2. The van der Waals surface area contributed by atoms with E-state index in [1.54, 1.807) is 13.1 Å². The third-order valence-corrected chi connectivity index (χ3v) is 2.46. The number of benzene rings is 1. The average molecular weight is 266 g/mol. The van der Waals surface area contributed by atoms with Crippen molar-refractivity contribution in [3.63, 3.8) is 0 Å². The molecule has 0 saturated heterocycles. The number of hydrogen-bond acceptors (Lipinski definition) is 2. The SMILES string of the molecule is C=CCCN(C)C(=O)Nc1ccc(F)c(C(=O)O)c1. The van der Waals surface area contributed by atoms with Gasteiger partial charge in [0.2, 0.25) is 0 Å². The molecule has 0 unspecified atom stereocenters. The van der Waals surface area contributed by atoms with E-state index in [1.165, 1.54) is 11.0 Å². The molecule has 0 aliphatic carbocycles. The van der Waals surface area contributed by atoms with Gasteiger partial charge in [0, 0.05) is 19.3 Å². The van der Waals surface area contributed by atoms with Gasteiger partial charge in [0.25, 0.3) is 0 Å². The Balaban J connectivity index is 2.77. The molecule has 1 aromatic carbocycles. The van der Waals surface area contributed by atoms with Crippen molar-refractivity contribution in [2.75, 3.05) is 18.9 Å². The summed E-state index contributed by atoms with van der Waals surface area (Å²) in [5.41, 5.74) is -0.249. The number of carbonyl (C=O) groups excluding carboxylic acids is 1. The van der Waals surface area contributed by atoms with Gasteiger partial charge in [-0.2, -0.15) is 0 Å². The molecule has 0 fully saturated rings. The number of carboxylic acid groups (broad SMARTS) is 1. The Labute approximate surface area is 110 Å². The van der Waals surface area contributed by atoms with Crippen LogP contribution in [0.5, 0.6) is 0 Å². The molecule has 102 valence electrons. The van der Waals surface area contributed by atoms with Gasteiger partial charge in [-0.1, -0.05) is 6.08 Å². The van der Waals surface area contributed by atoms with E-state index in [0.717, 1.165) is 12.1 Å². The minimum Gasteiger partial charge on any atom is -0.478 e. The van der Waals surface area contributed by atoms with E-state index in [0.29, 0.717) is 13.0 Å². The number of urea groups is 1. The highest BCUT2D eigenvalue weighted by atomic mass is 19.1. The van der Waals surface area contributed by atoms with Crippen LogP contribution >= 0.6 is 0 Å². The fraction of sp³-hybridized carbons (Fsp3) is 0.231. The van der Waals surface area contributed by atoms with Crippen LogP contribution in [-0.2, 0) is 0 Å². The van der Waals surface area contributed by atoms with Crippen LogP contribution < -0.4 is 5.32 Å². The Hall–Kier alpha value is -2.37. The van der Waals surface area contributed by atoms with Crippen LogP contribution in [0, 0.1) is 5.82 Å². The molecule has 0 spiro atoms. The fourth-order valence-electron chi connectivity index (χ4n) is 1.37. The van der Waals surface area contributed by atoms with E-state index in [2.05, 4.69) is 11.9 Å². The summed E-state index contributed by atoms with van der Waals surface area (Å²) in [6.45, 7) is 4.04. The van der Waals surface area contributed by atoms with Crippen LogP contribution in [0.4, 0.5) is 14.9 Å². The van der Waals surface area contributed by atoms with Crippen LogP contribution in [0.15, 0.2) is 30.9 Å². The van der Waals surface area contributed by atoms with Crippen molar-refractivity contribution in [3.05, 3.63) is 42.2 Å². The summed E-state index contributed by atoms with van der Waals surface area (Å²) >= 11 is 0. The number of rotatable bonds is 5. The monoisotopic (exact) mass is 266 g/mol. The zero-order chi connectivity index (χ0) is 14.4. The zero-order valence-corrected chi connectivity index (χ0v) is 10.5. The molecule has 0 aromatic heterocycles. The lowest BCUT2D eigenvalue weighted by molar-refractivity contribution is 0.0692. The smallest absolute Gasteiger partial charge is 0.338 e. The summed E-state index contributed by atoms with van der Waals surface area (Å²) in [5.74, 6) is -2.22. The van der Waals surface area contributed by atoms with Crippen molar-refractivity contribution in [2.24, 2.45) is 0 Å². The quantitative estimate of drug-likeness (QED) is 0.805. The molecule has 1 aromatic rings. The van der Waals surface area contributed by atoms with Crippen LogP contribution in [0.1, 0.15) is 16.8 Å². The highest BCUT2D eigenvalue weighted by Gasteiger charge is 2.13. The van der Waals surface area contributed by atoms with Gasteiger partial charge < -0.3 is 15.3 Å². The molecular weight excluding hydrogens is 251 g/mol. The van der Waals surface area contributed by atoms with Crippen LogP contribution in [0.2, 0.25) is 0 Å². The summed E-state index contributed by atoms with van der Waals surface area (Å²) in [7, 11) is 1.60. The molecule has 6 heteroatoms. The van der Waals surface area contributed by atoms with Crippen molar-refractivity contribution in [1.29, 1.82) is 0 Å². The first-order valence-electron chi connectivity index (χ1n) is 5.61. The highest BCUT2D eigenvalue weighted by molar-refractivity contribution is 5.93. The molecule has 0 radical (unpaired) electrons. The first-order chi connectivity index (χ1) is 8.95. The van der Waals surface area contributed by atoms with Gasteiger partial charge in [-0.05, 0) is 24.6 Å². The van der Waals surface area contributed by atoms with Crippen LogP contribution in [0.25, 0.3) is 0 Å². The van der Waals surface area contributed by atoms with E-state index in [4.69, 9.17) is 5.11 Å². The number of halogens is 1. The molecule has 0 heterocycles. The second kappa shape index (κ2) is 6.53. The molecule has 2 amide bonds. The summed E-state index contributed by atoms with van der Waals surface area (Å²) < 4.78 is 13.2. The van der Waals surface area contributed by atoms with E-state index >= 15 is 0 Å². The highest BCUT2D eigenvalue weighted by Crippen LogP contribution is 2.15. The summed E-state index contributed by atoms with van der Waals surface area (Å²) in [5, 5.41) is 11.3. The molecule has 0 bridgehead atoms. The minimum absolute atomic E-state index is 0.231. The third kappa shape index (κ3) is 4.09. The average Bonchev–Trinajstić information content (AvgIpc) is 2.37. The normalized spacial score (nSPS) is 9.79. The van der Waals surface area contributed by atoms with Crippen molar-refractivity contribution in [2.45, 2.75) is 6.42 Å². The number of nitrogens with one attached hydrogen (secondary N) is 1. The van der Waals surface area contributed by atoms with Gasteiger partial charge in [-0.3, -0.25) is 0 Å². The Bertz CT molecular complexity index is 503. The van der Waals surface area contributed by atoms with Gasteiger partial charge in [0.05, 0.1) is 5.56 Å². The maximum absolute atomic E-state index is 13.2. The predicted molar refractivity (Wildman–Crippen MR) is 69.8 cm³/mol. The topological polar surface area (TPSA) is 69.6 Å². The molecule has 19 heavy (non-hydrogen) atoms. The Morgan fingerprint density at radius 2 is 2.21 bits per heavy atom. The van der Waals surface area contributed by atoms with Gasteiger partial charge in [-0.15, -0.1) is 6.58 Å². The Morgan fingerprint density at radius 3 is 2.79 bits per heavy atom. The first kappa shape index (κ1) is 14.7. The number of nitrogens with zero attached hydrogens (tertiary/aromatic N) is 1. The summed E-state index contributed by atoms with van der Waals surface area (Å²) in [6, 6.07) is 2.99. The molecule has 2 N–H and O–H groups in total. The van der Waals surface area contributed by atoms with Gasteiger partial charge in [0.15, 0.2) is 0 Å². The van der Waals surface area contributed by atoms with Crippen LogP contribution in [0.3, 0.4) is 0 Å². The van der Waals surface area contributed by atoms with E-state index in [1.807, 2.05) is 0 Å². The first-order valence-corrected chi connectivity index (χ1v) is 5.61. The lowest BCUT2D eigenvalue weighted by Gasteiger charge is -2.17. The second-order valence-electron chi connectivity index (χ2n) is 3.93. The molecule has 1 rings (SSSR count). The van der Waals surface area contributed by atoms with Gasteiger partial charge in [0.1, 0.15) is 5.82 Å². The standard InChI is InChI=1S/C13H15FN2O3/c1-3-4-7-16(2)13(19)15-9-5-6-11(14)10(8-9)12(17)18/h3,5-6,8H,1,4,7H2,2H3,(H,15,19)(H,17,18). The van der Waals surface area contributed by atoms with E-state index in [9.17, 15) is 14.0 Å². The fourth-order valence-corrected chi connectivity index (χ4v) is 1.37. The zero-order valence-electron chi connectivity index (χ0n) is 10.5. The van der Waals surface area contributed by atoms with Gasteiger partial charge >= 0.3 is 12.0 Å². The third-order valence-electron chi connectivity index (χ3n) is 2.46. The van der Waals surface area contributed by atoms with Crippen molar-refractivity contribution in [3.8, 4) is 0 Å². The molecule has 0 aliphatic rings. The molecule has 5 nitrogen and oxygen atoms in total. The molecular formula is C13H15FN2O3. The Kier molecular flexibility index (Phi) is 5.05. The molecule has 0 saturated carbocycles. The number of aromatic carboxylic acids is 1. The predicted octanol–water partition coefficient (Wildman–Crippen LogP) is 2.56. The van der Waals surface area contributed by atoms with Gasteiger partial charge in [-0.25, -0.2) is 14.0 Å².